The lowest BCUT2D eigenvalue weighted by molar-refractivity contribution is -0.0842. The molecular formula is C15H22O3S. The van der Waals surface area contributed by atoms with Gasteiger partial charge in [0.1, 0.15) is 5.60 Å². The lowest BCUT2D eigenvalue weighted by Gasteiger charge is -2.44. The molecule has 0 spiro atoms. The van der Waals surface area contributed by atoms with E-state index < -0.39 is 11.6 Å². The topological polar surface area (TPSA) is 57.5 Å². The largest absolute Gasteiger partial charge is 0.478 e. The van der Waals surface area contributed by atoms with Gasteiger partial charge in [0, 0.05) is 0 Å². The van der Waals surface area contributed by atoms with Gasteiger partial charge < -0.3 is 10.2 Å². The molecule has 1 heterocycles. The Balaban J connectivity index is 2.46. The third-order valence-corrected chi connectivity index (χ3v) is 5.42. The van der Waals surface area contributed by atoms with E-state index in [9.17, 15) is 15.0 Å². The molecule has 1 saturated carbocycles. The van der Waals surface area contributed by atoms with Crippen molar-refractivity contribution in [3.63, 3.8) is 0 Å². The SMILES string of the molecule is CC1CCC(C(C)C)C(O)(c2sccc2C(=O)O)C1. The van der Waals surface area contributed by atoms with E-state index in [1.54, 1.807) is 11.4 Å². The van der Waals surface area contributed by atoms with Crippen LogP contribution in [0.2, 0.25) is 0 Å². The number of carboxylic acid groups (broad SMARTS) is 1. The van der Waals surface area contributed by atoms with Crippen molar-refractivity contribution in [2.24, 2.45) is 17.8 Å². The summed E-state index contributed by atoms with van der Waals surface area (Å²) in [4.78, 5) is 12.0. The van der Waals surface area contributed by atoms with Gasteiger partial charge in [-0.3, -0.25) is 0 Å². The summed E-state index contributed by atoms with van der Waals surface area (Å²) in [7, 11) is 0. The number of aromatic carboxylic acids is 1. The van der Waals surface area contributed by atoms with Gasteiger partial charge in [-0.2, -0.15) is 0 Å². The standard InChI is InChI=1S/C15H22O3S/c1-9(2)12-5-4-10(3)8-15(12,18)13-11(14(16)17)6-7-19-13/h6-7,9-10,12,18H,4-5,8H2,1-3H3,(H,16,17). The third kappa shape index (κ3) is 2.56. The Morgan fingerprint density at radius 2 is 2.16 bits per heavy atom. The molecule has 1 fully saturated rings. The molecule has 0 radical (unpaired) electrons. The van der Waals surface area contributed by atoms with Crippen molar-refractivity contribution in [2.45, 2.75) is 45.6 Å². The molecule has 2 rings (SSSR count). The Kier molecular flexibility index (Phi) is 4.02. The van der Waals surface area contributed by atoms with E-state index in [1.165, 1.54) is 11.3 Å². The van der Waals surface area contributed by atoms with Gasteiger partial charge in [-0.15, -0.1) is 11.3 Å². The fourth-order valence-corrected chi connectivity index (χ4v) is 4.51. The minimum atomic E-state index is -0.978. The van der Waals surface area contributed by atoms with Crippen molar-refractivity contribution < 1.29 is 15.0 Å². The smallest absolute Gasteiger partial charge is 0.336 e. The van der Waals surface area contributed by atoms with Gasteiger partial charge in [0.2, 0.25) is 0 Å². The van der Waals surface area contributed by atoms with Gasteiger partial charge in [0.05, 0.1) is 10.4 Å². The van der Waals surface area contributed by atoms with Crippen LogP contribution in [-0.2, 0) is 5.60 Å². The van der Waals surface area contributed by atoms with Gasteiger partial charge in [0.15, 0.2) is 0 Å². The number of carboxylic acids is 1. The highest BCUT2D eigenvalue weighted by Gasteiger charge is 2.46. The molecule has 19 heavy (non-hydrogen) atoms. The monoisotopic (exact) mass is 282 g/mol. The summed E-state index contributed by atoms with van der Waals surface area (Å²) < 4.78 is 0. The molecule has 0 aromatic carbocycles. The summed E-state index contributed by atoms with van der Waals surface area (Å²) in [6.07, 6.45) is 2.74. The van der Waals surface area contributed by atoms with E-state index in [1.807, 2.05) is 0 Å². The first kappa shape index (κ1) is 14.5. The van der Waals surface area contributed by atoms with E-state index in [0.29, 0.717) is 23.1 Å². The molecule has 0 amide bonds. The molecule has 3 atom stereocenters. The first-order valence-electron chi connectivity index (χ1n) is 6.90. The van der Waals surface area contributed by atoms with Crippen LogP contribution in [0.1, 0.15) is 55.3 Å². The van der Waals surface area contributed by atoms with Crippen LogP contribution in [-0.4, -0.2) is 16.2 Å². The van der Waals surface area contributed by atoms with Crippen molar-refractivity contribution in [3.8, 4) is 0 Å². The van der Waals surface area contributed by atoms with Gasteiger partial charge in [-0.1, -0.05) is 27.2 Å². The molecule has 2 N–H and O–H groups in total. The van der Waals surface area contributed by atoms with Crippen LogP contribution < -0.4 is 0 Å². The minimum absolute atomic E-state index is 0.139. The van der Waals surface area contributed by atoms with Crippen LogP contribution in [0.25, 0.3) is 0 Å². The van der Waals surface area contributed by atoms with E-state index >= 15 is 0 Å². The van der Waals surface area contributed by atoms with Crippen LogP contribution >= 0.6 is 11.3 Å². The van der Waals surface area contributed by atoms with E-state index in [2.05, 4.69) is 20.8 Å². The Labute approximate surface area is 118 Å². The van der Waals surface area contributed by atoms with Crippen molar-refractivity contribution in [2.75, 3.05) is 0 Å². The highest BCUT2D eigenvalue weighted by atomic mass is 32.1. The number of carbonyl (C=O) groups is 1. The summed E-state index contributed by atoms with van der Waals surface area (Å²) in [5.41, 5.74) is -0.708. The summed E-state index contributed by atoms with van der Waals surface area (Å²) in [5, 5.41) is 22.3. The third-order valence-electron chi connectivity index (χ3n) is 4.34. The van der Waals surface area contributed by atoms with E-state index in [4.69, 9.17) is 0 Å². The highest BCUT2D eigenvalue weighted by molar-refractivity contribution is 7.10. The number of thiophene rings is 1. The van der Waals surface area contributed by atoms with Gasteiger partial charge in [0.25, 0.3) is 0 Å². The second-order valence-electron chi connectivity index (χ2n) is 6.13. The van der Waals surface area contributed by atoms with Crippen LogP contribution in [0.5, 0.6) is 0 Å². The predicted molar refractivity (Wildman–Crippen MR) is 76.5 cm³/mol. The summed E-state index contributed by atoms with van der Waals surface area (Å²) >= 11 is 1.38. The van der Waals surface area contributed by atoms with Gasteiger partial charge >= 0.3 is 5.97 Å². The normalized spacial score (nSPS) is 31.6. The Bertz CT molecular complexity index is 466. The maximum atomic E-state index is 11.3. The maximum Gasteiger partial charge on any atom is 0.336 e. The lowest BCUT2D eigenvalue weighted by Crippen LogP contribution is -2.43. The van der Waals surface area contributed by atoms with Crippen molar-refractivity contribution in [3.05, 3.63) is 21.9 Å². The quantitative estimate of drug-likeness (QED) is 0.888. The van der Waals surface area contributed by atoms with Crippen LogP contribution in [0.3, 0.4) is 0 Å². The Morgan fingerprint density at radius 1 is 1.47 bits per heavy atom. The lowest BCUT2D eigenvalue weighted by atomic mass is 9.66. The number of rotatable bonds is 3. The first-order chi connectivity index (χ1) is 8.86. The Morgan fingerprint density at radius 3 is 2.74 bits per heavy atom. The zero-order valence-electron chi connectivity index (χ0n) is 11.7. The van der Waals surface area contributed by atoms with Crippen LogP contribution in [0.4, 0.5) is 0 Å². The molecule has 1 aromatic heterocycles. The average Bonchev–Trinajstić information content (AvgIpc) is 2.77. The van der Waals surface area contributed by atoms with E-state index in [-0.39, 0.29) is 11.5 Å². The number of aliphatic hydroxyl groups is 1. The van der Waals surface area contributed by atoms with Crippen LogP contribution in [0.15, 0.2) is 11.4 Å². The molecule has 1 aliphatic carbocycles. The molecule has 106 valence electrons. The second-order valence-corrected chi connectivity index (χ2v) is 7.05. The summed E-state index contributed by atoms with van der Waals surface area (Å²) in [6.45, 7) is 6.36. The summed E-state index contributed by atoms with van der Waals surface area (Å²) in [5.74, 6) is -0.0177. The van der Waals surface area contributed by atoms with Gasteiger partial charge in [-0.25, -0.2) is 4.79 Å². The van der Waals surface area contributed by atoms with Crippen LogP contribution in [0, 0.1) is 17.8 Å². The van der Waals surface area contributed by atoms with E-state index in [0.717, 1.165) is 12.8 Å². The average molecular weight is 282 g/mol. The molecule has 1 aromatic rings. The molecule has 0 saturated heterocycles. The van der Waals surface area contributed by atoms with Gasteiger partial charge in [-0.05, 0) is 42.0 Å². The zero-order valence-corrected chi connectivity index (χ0v) is 12.5. The number of hydrogen-bond acceptors (Lipinski definition) is 3. The highest BCUT2D eigenvalue weighted by Crippen LogP contribution is 2.49. The molecule has 0 aliphatic heterocycles. The Hall–Kier alpha value is -0.870. The molecule has 3 unspecified atom stereocenters. The molecule has 1 aliphatic rings. The zero-order chi connectivity index (χ0) is 14.2. The van der Waals surface area contributed by atoms with Crippen molar-refractivity contribution in [1.29, 1.82) is 0 Å². The molecule has 4 heteroatoms. The molecule has 0 bridgehead atoms. The predicted octanol–water partition coefficient (Wildman–Crippen LogP) is 3.73. The van der Waals surface area contributed by atoms with Crippen molar-refractivity contribution in [1.82, 2.24) is 0 Å². The van der Waals surface area contributed by atoms with Crippen molar-refractivity contribution >= 4 is 17.3 Å². The fourth-order valence-electron chi connectivity index (χ4n) is 3.45. The summed E-state index contributed by atoms with van der Waals surface area (Å²) in [6, 6.07) is 1.61. The minimum Gasteiger partial charge on any atom is -0.478 e. The first-order valence-corrected chi connectivity index (χ1v) is 7.78. The second kappa shape index (κ2) is 5.25. The molecule has 3 nitrogen and oxygen atoms in total. The molecular weight excluding hydrogens is 260 g/mol. The fraction of sp³-hybridized carbons (Fsp3) is 0.667. The number of hydrogen-bond donors (Lipinski definition) is 2. The maximum absolute atomic E-state index is 11.3.